The SMILES string of the molecule is CCOc1ccc(C(NC(=O)[C@H](CCCCCC(C)=O)CC(C)=O)c2ccc(OC)cc2OC)cc1. The van der Waals surface area contributed by atoms with Gasteiger partial charge in [0, 0.05) is 30.4 Å². The van der Waals surface area contributed by atoms with Gasteiger partial charge < -0.3 is 29.1 Å². The quantitative estimate of drug-likeness (QED) is 0.311. The van der Waals surface area contributed by atoms with Gasteiger partial charge in [-0.05, 0) is 63.4 Å². The van der Waals surface area contributed by atoms with Crippen LogP contribution in [0.4, 0.5) is 0 Å². The summed E-state index contributed by atoms with van der Waals surface area (Å²) in [6.07, 6.45) is 3.71. The van der Waals surface area contributed by atoms with Crippen molar-refractivity contribution in [2.24, 2.45) is 5.92 Å². The fraction of sp³-hybridized carbons (Fsp3) is 0.483. The van der Waals surface area contributed by atoms with E-state index >= 15 is 0 Å². The van der Waals surface area contributed by atoms with Crippen LogP contribution in [-0.2, 0) is 14.4 Å². The largest absolute Gasteiger partial charge is 0.497 e. The number of ether oxygens (including phenoxy) is 3. The number of nitrogens with one attached hydrogen (secondary N) is 1. The molecule has 0 aliphatic heterocycles. The Labute approximate surface area is 214 Å². The van der Waals surface area contributed by atoms with Crippen molar-refractivity contribution in [2.45, 2.75) is 65.3 Å². The maximum absolute atomic E-state index is 13.5. The Kier molecular flexibility index (Phi) is 12.0. The van der Waals surface area contributed by atoms with E-state index in [1.54, 1.807) is 27.2 Å². The maximum atomic E-state index is 13.5. The number of carbonyl (C=O) groups is 3. The maximum Gasteiger partial charge on any atom is 0.224 e. The molecule has 2 rings (SSSR count). The molecule has 7 nitrogen and oxygen atoms in total. The molecular formula is C29H39NO6. The first-order chi connectivity index (χ1) is 17.3. The van der Waals surface area contributed by atoms with Gasteiger partial charge in [0.1, 0.15) is 28.8 Å². The van der Waals surface area contributed by atoms with Crippen LogP contribution >= 0.6 is 0 Å². The van der Waals surface area contributed by atoms with E-state index in [1.807, 2.05) is 43.3 Å². The summed E-state index contributed by atoms with van der Waals surface area (Å²) >= 11 is 0. The van der Waals surface area contributed by atoms with E-state index < -0.39 is 12.0 Å². The summed E-state index contributed by atoms with van der Waals surface area (Å²) in [5, 5.41) is 3.17. The number of hydrogen-bond donors (Lipinski definition) is 1. The van der Waals surface area contributed by atoms with Crippen molar-refractivity contribution in [1.29, 1.82) is 0 Å². The Hall–Kier alpha value is -3.35. The summed E-state index contributed by atoms with van der Waals surface area (Å²) in [5.74, 6) is 1.47. The topological polar surface area (TPSA) is 90.9 Å². The Balaban J connectivity index is 2.32. The second kappa shape index (κ2) is 14.9. The van der Waals surface area contributed by atoms with Crippen LogP contribution < -0.4 is 19.5 Å². The minimum absolute atomic E-state index is 0.0291. The number of ketones is 2. The number of benzene rings is 2. The van der Waals surface area contributed by atoms with E-state index in [-0.39, 0.29) is 23.9 Å². The summed E-state index contributed by atoms with van der Waals surface area (Å²) in [6.45, 7) is 5.58. The number of rotatable bonds is 16. The fourth-order valence-corrected chi connectivity index (χ4v) is 4.20. The van der Waals surface area contributed by atoms with E-state index in [1.165, 1.54) is 6.92 Å². The first-order valence-corrected chi connectivity index (χ1v) is 12.5. The van der Waals surface area contributed by atoms with Gasteiger partial charge in [-0.1, -0.05) is 25.0 Å². The predicted octanol–water partition coefficient (Wildman–Crippen LogP) is 5.44. The van der Waals surface area contributed by atoms with Gasteiger partial charge in [0.25, 0.3) is 0 Å². The molecule has 2 aromatic carbocycles. The van der Waals surface area contributed by atoms with Crippen LogP contribution in [0.25, 0.3) is 0 Å². The lowest BCUT2D eigenvalue weighted by Gasteiger charge is -2.25. The lowest BCUT2D eigenvalue weighted by atomic mass is 9.92. The van der Waals surface area contributed by atoms with E-state index in [2.05, 4.69) is 5.32 Å². The standard InChI is InChI=1S/C29H39NO6/c1-6-36-24-14-12-22(13-15-24)28(26-17-16-25(34-4)19-27(26)35-5)30-29(33)23(18-21(3)32)11-9-7-8-10-20(2)31/h12-17,19,23,28H,6-11,18H2,1-5H3,(H,30,33)/t23-,28?/m1/s1. The molecule has 0 aliphatic carbocycles. The number of methoxy groups -OCH3 is 2. The summed E-state index contributed by atoms with van der Waals surface area (Å²) in [6, 6.07) is 12.6. The van der Waals surface area contributed by atoms with Gasteiger partial charge in [-0.2, -0.15) is 0 Å². The second-order valence-corrected chi connectivity index (χ2v) is 8.96. The average Bonchev–Trinajstić information content (AvgIpc) is 2.86. The molecule has 0 aliphatic rings. The van der Waals surface area contributed by atoms with Crippen LogP contribution in [0.5, 0.6) is 17.2 Å². The Morgan fingerprint density at radius 2 is 1.56 bits per heavy atom. The summed E-state index contributed by atoms with van der Waals surface area (Å²) in [4.78, 5) is 36.7. The lowest BCUT2D eigenvalue weighted by molar-refractivity contribution is -0.129. The van der Waals surface area contributed by atoms with E-state index in [4.69, 9.17) is 14.2 Å². The van der Waals surface area contributed by atoms with Crippen LogP contribution in [0, 0.1) is 5.92 Å². The molecule has 1 N–H and O–H groups in total. The zero-order chi connectivity index (χ0) is 26.5. The molecule has 1 amide bonds. The minimum atomic E-state index is -0.499. The van der Waals surface area contributed by atoms with Crippen molar-refractivity contribution < 1.29 is 28.6 Å². The highest BCUT2D eigenvalue weighted by Gasteiger charge is 2.26. The van der Waals surface area contributed by atoms with Crippen molar-refractivity contribution in [3.8, 4) is 17.2 Å². The van der Waals surface area contributed by atoms with Gasteiger partial charge in [0.2, 0.25) is 5.91 Å². The number of carbonyl (C=O) groups excluding carboxylic acids is 3. The van der Waals surface area contributed by atoms with Gasteiger partial charge in [0.15, 0.2) is 0 Å². The number of hydrogen-bond acceptors (Lipinski definition) is 6. The predicted molar refractivity (Wildman–Crippen MR) is 140 cm³/mol. The van der Waals surface area contributed by atoms with Crippen molar-refractivity contribution >= 4 is 17.5 Å². The molecule has 36 heavy (non-hydrogen) atoms. The van der Waals surface area contributed by atoms with E-state index in [9.17, 15) is 14.4 Å². The first kappa shape index (κ1) is 28.9. The molecule has 0 fully saturated rings. The smallest absolute Gasteiger partial charge is 0.224 e. The van der Waals surface area contributed by atoms with Crippen molar-refractivity contribution in [3.63, 3.8) is 0 Å². The molecule has 0 bridgehead atoms. The van der Waals surface area contributed by atoms with Crippen molar-refractivity contribution in [1.82, 2.24) is 5.32 Å². The normalized spacial score (nSPS) is 12.4. The van der Waals surface area contributed by atoms with Crippen LogP contribution in [0.3, 0.4) is 0 Å². The van der Waals surface area contributed by atoms with E-state index in [0.717, 1.165) is 36.1 Å². The summed E-state index contributed by atoms with van der Waals surface area (Å²) < 4.78 is 16.5. The van der Waals surface area contributed by atoms with Gasteiger partial charge in [-0.3, -0.25) is 4.79 Å². The number of Topliss-reactive ketones (excluding diaryl/α,β-unsaturated/α-hetero) is 2. The van der Waals surface area contributed by atoms with Crippen LogP contribution in [-0.4, -0.2) is 38.3 Å². The molecule has 2 aromatic rings. The van der Waals surface area contributed by atoms with Crippen LogP contribution in [0.2, 0.25) is 0 Å². The van der Waals surface area contributed by atoms with Crippen molar-refractivity contribution in [3.05, 3.63) is 53.6 Å². The number of unbranched alkanes of at least 4 members (excludes halogenated alkanes) is 2. The van der Waals surface area contributed by atoms with Crippen LogP contribution in [0.1, 0.15) is 76.5 Å². The molecule has 0 heterocycles. The molecule has 0 spiro atoms. The zero-order valence-electron chi connectivity index (χ0n) is 22.1. The minimum Gasteiger partial charge on any atom is -0.497 e. The van der Waals surface area contributed by atoms with Crippen LogP contribution in [0.15, 0.2) is 42.5 Å². The average molecular weight is 498 g/mol. The fourth-order valence-electron chi connectivity index (χ4n) is 4.20. The second-order valence-electron chi connectivity index (χ2n) is 8.96. The van der Waals surface area contributed by atoms with Gasteiger partial charge >= 0.3 is 0 Å². The first-order valence-electron chi connectivity index (χ1n) is 12.5. The van der Waals surface area contributed by atoms with Gasteiger partial charge in [0.05, 0.1) is 26.9 Å². The Bertz CT molecular complexity index is 1000. The molecule has 2 atom stereocenters. The molecule has 196 valence electrons. The molecule has 0 saturated heterocycles. The lowest BCUT2D eigenvalue weighted by Crippen LogP contribution is -2.35. The Morgan fingerprint density at radius 1 is 0.861 bits per heavy atom. The summed E-state index contributed by atoms with van der Waals surface area (Å²) in [5.41, 5.74) is 1.64. The molecule has 7 heteroatoms. The van der Waals surface area contributed by atoms with Crippen molar-refractivity contribution in [2.75, 3.05) is 20.8 Å². The Morgan fingerprint density at radius 3 is 2.14 bits per heavy atom. The summed E-state index contributed by atoms with van der Waals surface area (Å²) in [7, 11) is 3.16. The molecule has 0 saturated carbocycles. The zero-order valence-corrected chi connectivity index (χ0v) is 22.1. The third-order valence-corrected chi connectivity index (χ3v) is 6.05. The third kappa shape index (κ3) is 9.02. The van der Waals surface area contributed by atoms with Gasteiger partial charge in [-0.15, -0.1) is 0 Å². The highest BCUT2D eigenvalue weighted by Crippen LogP contribution is 2.34. The van der Waals surface area contributed by atoms with E-state index in [0.29, 0.717) is 30.9 Å². The molecular weight excluding hydrogens is 458 g/mol. The van der Waals surface area contributed by atoms with Gasteiger partial charge in [-0.25, -0.2) is 0 Å². The highest BCUT2D eigenvalue weighted by molar-refractivity contribution is 5.86. The molecule has 1 unspecified atom stereocenters. The monoisotopic (exact) mass is 497 g/mol. The highest BCUT2D eigenvalue weighted by atomic mass is 16.5. The third-order valence-electron chi connectivity index (χ3n) is 6.05. The molecule has 0 radical (unpaired) electrons. The number of amides is 1. The molecule has 0 aromatic heterocycles.